The van der Waals surface area contributed by atoms with Gasteiger partial charge in [0.05, 0.1) is 0 Å². The molecule has 3 rings (SSSR count). The van der Waals surface area contributed by atoms with Crippen LogP contribution >= 0.6 is 0 Å². The molecule has 0 spiro atoms. The van der Waals surface area contributed by atoms with E-state index in [1.54, 1.807) is 0 Å². The maximum absolute atomic E-state index is 2.35. The predicted molar refractivity (Wildman–Crippen MR) is 95.2 cm³/mol. The van der Waals surface area contributed by atoms with Crippen LogP contribution in [-0.2, 0) is 5.41 Å². The lowest BCUT2D eigenvalue weighted by Crippen LogP contribution is -2.28. The van der Waals surface area contributed by atoms with Gasteiger partial charge in [-0.3, -0.25) is 0 Å². The molecule has 2 aromatic rings. The van der Waals surface area contributed by atoms with Crippen LogP contribution in [0.15, 0.2) is 60.7 Å². The van der Waals surface area contributed by atoms with Gasteiger partial charge in [0.1, 0.15) is 0 Å². The Hall–Kier alpha value is -1.56. The van der Waals surface area contributed by atoms with Gasteiger partial charge in [0.25, 0.3) is 0 Å². The van der Waals surface area contributed by atoms with Crippen molar-refractivity contribution in [2.24, 2.45) is 0 Å². The highest BCUT2D eigenvalue weighted by Crippen LogP contribution is 2.42. The maximum Gasteiger partial charge on any atom is 0.0202 e. The normalized spacial score (nSPS) is 19.5. The topological polar surface area (TPSA) is 0 Å². The fourth-order valence-electron chi connectivity index (χ4n) is 4.12. The molecule has 1 saturated carbocycles. The SMILES string of the molecule is c1ccc(C2(c3ccccc3)CCCCCCCCC2)cc1. The van der Waals surface area contributed by atoms with Crippen LogP contribution < -0.4 is 0 Å². The van der Waals surface area contributed by atoms with Crippen LogP contribution in [0.3, 0.4) is 0 Å². The van der Waals surface area contributed by atoms with Gasteiger partial charge in [0.15, 0.2) is 0 Å². The molecule has 2 aromatic carbocycles. The standard InChI is InChI=1S/C22H28/c1-2-4-12-18-22(19-13-5-3-1,20-14-8-6-9-15-20)21-16-10-7-11-17-21/h6-11,14-17H,1-5,12-13,18-19H2. The molecule has 1 fully saturated rings. The molecule has 0 aromatic heterocycles. The Morgan fingerprint density at radius 2 is 0.818 bits per heavy atom. The number of hydrogen-bond acceptors (Lipinski definition) is 0. The lowest BCUT2D eigenvalue weighted by molar-refractivity contribution is 0.377. The van der Waals surface area contributed by atoms with Crippen molar-refractivity contribution in [1.82, 2.24) is 0 Å². The highest BCUT2D eigenvalue weighted by atomic mass is 14.4. The molecule has 0 saturated heterocycles. The lowest BCUT2D eigenvalue weighted by atomic mass is 9.67. The number of benzene rings is 2. The molecule has 1 aliphatic carbocycles. The minimum Gasteiger partial charge on any atom is -0.0622 e. The lowest BCUT2D eigenvalue weighted by Gasteiger charge is -2.36. The van der Waals surface area contributed by atoms with Gasteiger partial charge in [0.2, 0.25) is 0 Å². The second-order valence-corrected chi connectivity index (χ2v) is 6.79. The smallest absolute Gasteiger partial charge is 0.0202 e. The van der Waals surface area contributed by atoms with Crippen LogP contribution in [-0.4, -0.2) is 0 Å². The molecule has 0 aliphatic heterocycles. The van der Waals surface area contributed by atoms with E-state index in [-0.39, 0.29) is 5.41 Å². The van der Waals surface area contributed by atoms with Crippen LogP contribution in [0.25, 0.3) is 0 Å². The molecule has 0 unspecified atom stereocenters. The van der Waals surface area contributed by atoms with Gasteiger partial charge in [0, 0.05) is 5.41 Å². The summed E-state index contributed by atoms with van der Waals surface area (Å²) < 4.78 is 0. The van der Waals surface area contributed by atoms with E-state index in [4.69, 9.17) is 0 Å². The Bertz CT molecular complexity index is 489. The van der Waals surface area contributed by atoms with E-state index >= 15 is 0 Å². The van der Waals surface area contributed by atoms with Crippen molar-refractivity contribution in [1.29, 1.82) is 0 Å². The van der Waals surface area contributed by atoms with Crippen LogP contribution in [0.2, 0.25) is 0 Å². The second kappa shape index (κ2) is 7.63. The van der Waals surface area contributed by atoms with Crippen molar-refractivity contribution in [3.05, 3.63) is 71.8 Å². The molecule has 116 valence electrons. The molecule has 22 heavy (non-hydrogen) atoms. The van der Waals surface area contributed by atoms with Gasteiger partial charge >= 0.3 is 0 Å². The Morgan fingerprint density at radius 1 is 0.455 bits per heavy atom. The summed E-state index contributed by atoms with van der Waals surface area (Å²) in [6.07, 6.45) is 12.3. The molecule has 0 nitrogen and oxygen atoms in total. The van der Waals surface area contributed by atoms with Crippen molar-refractivity contribution in [3.63, 3.8) is 0 Å². The first-order valence-electron chi connectivity index (χ1n) is 9.03. The second-order valence-electron chi connectivity index (χ2n) is 6.79. The van der Waals surface area contributed by atoms with E-state index in [0.717, 1.165) is 0 Å². The van der Waals surface area contributed by atoms with Gasteiger partial charge in [-0.05, 0) is 24.0 Å². The van der Waals surface area contributed by atoms with E-state index in [1.165, 1.54) is 68.9 Å². The summed E-state index contributed by atoms with van der Waals surface area (Å²) in [5.41, 5.74) is 3.25. The highest BCUT2D eigenvalue weighted by Gasteiger charge is 2.33. The van der Waals surface area contributed by atoms with Crippen LogP contribution in [0, 0.1) is 0 Å². The Kier molecular flexibility index (Phi) is 5.32. The third-order valence-corrected chi connectivity index (χ3v) is 5.36. The molecule has 0 heterocycles. The molecule has 0 bridgehead atoms. The van der Waals surface area contributed by atoms with Crippen molar-refractivity contribution >= 4 is 0 Å². The first-order valence-corrected chi connectivity index (χ1v) is 9.03. The Labute approximate surface area is 135 Å². The van der Waals surface area contributed by atoms with Crippen LogP contribution in [0.1, 0.15) is 68.9 Å². The van der Waals surface area contributed by atoms with E-state index in [0.29, 0.717) is 0 Å². The summed E-state index contributed by atoms with van der Waals surface area (Å²) in [5, 5.41) is 0. The fourth-order valence-corrected chi connectivity index (χ4v) is 4.12. The molecule has 0 atom stereocenters. The average Bonchev–Trinajstić information content (AvgIpc) is 2.61. The zero-order valence-corrected chi connectivity index (χ0v) is 13.6. The fraction of sp³-hybridized carbons (Fsp3) is 0.455. The molecule has 0 heteroatoms. The predicted octanol–water partition coefficient (Wildman–Crippen LogP) is 6.50. The monoisotopic (exact) mass is 292 g/mol. The van der Waals surface area contributed by atoms with Gasteiger partial charge in [-0.2, -0.15) is 0 Å². The molecule has 0 radical (unpaired) electrons. The van der Waals surface area contributed by atoms with Crippen molar-refractivity contribution < 1.29 is 0 Å². The molecule has 0 amide bonds. The first kappa shape index (κ1) is 15.3. The molecular weight excluding hydrogens is 264 g/mol. The number of hydrogen-bond donors (Lipinski definition) is 0. The molecular formula is C22H28. The number of rotatable bonds is 2. The van der Waals surface area contributed by atoms with E-state index in [2.05, 4.69) is 60.7 Å². The van der Waals surface area contributed by atoms with Gasteiger partial charge in [-0.25, -0.2) is 0 Å². The minimum absolute atomic E-state index is 0.222. The summed E-state index contributed by atoms with van der Waals surface area (Å²) in [6, 6.07) is 22.5. The van der Waals surface area contributed by atoms with Gasteiger partial charge in [-0.1, -0.05) is 106 Å². The third kappa shape index (κ3) is 3.43. The Morgan fingerprint density at radius 3 is 1.23 bits per heavy atom. The zero-order valence-electron chi connectivity index (χ0n) is 13.6. The third-order valence-electron chi connectivity index (χ3n) is 5.36. The van der Waals surface area contributed by atoms with E-state index in [9.17, 15) is 0 Å². The van der Waals surface area contributed by atoms with Crippen LogP contribution in [0.5, 0.6) is 0 Å². The summed E-state index contributed by atoms with van der Waals surface area (Å²) >= 11 is 0. The Balaban J connectivity index is 2.00. The summed E-state index contributed by atoms with van der Waals surface area (Å²) in [4.78, 5) is 0. The van der Waals surface area contributed by atoms with E-state index in [1.807, 2.05) is 0 Å². The quantitative estimate of drug-likeness (QED) is 0.593. The molecule has 1 aliphatic rings. The van der Waals surface area contributed by atoms with E-state index < -0.39 is 0 Å². The first-order chi connectivity index (χ1) is 10.9. The largest absolute Gasteiger partial charge is 0.0622 e. The van der Waals surface area contributed by atoms with Gasteiger partial charge < -0.3 is 0 Å². The zero-order chi connectivity index (χ0) is 15.1. The van der Waals surface area contributed by atoms with Crippen LogP contribution in [0.4, 0.5) is 0 Å². The van der Waals surface area contributed by atoms with Crippen molar-refractivity contribution in [2.75, 3.05) is 0 Å². The van der Waals surface area contributed by atoms with Crippen molar-refractivity contribution in [2.45, 2.75) is 63.2 Å². The van der Waals surface area contributed by atoms with Gasteiger partial charge in [-0.15, -0.1) is 0 Å². The summed E-state index contributed by atoms with van der Waals surface area (Å²) in [5.74, 6) is 0. The highest BCUT2D eigenvalue weighted by molar-refractivity contribution is 5.39. The summed E-state index contributed by atoms with van der Waals surface area (Å²) in [7, 11) is 0. The van der Waals surface area contributed by atoms with Crippen molar-refractivity contribution in [3.8, 4) is 0 Å². The molecule has 0 N–H and O–H groups in total. The minimum atomic E-state index is 0.222. The maximum atomic E-state index is 2.35. The average molecular weight is 292 g/mol. The summed E-state index contributed by atoms with van der Waals surface area (Å²) in [6.45, 7) is 0.